The Balaban J connectivity index is 1.38. The number of rotatable bonds is 5. The Morgan fingerprint density at radius 2 is 2.04 bits per heavy atom. The summed E-state index contributed by atoms with van der Waals surface area (Å²) in [6.45, 7) is 7.88. The molecule has 26 heavy (non-hydrogen) atoms. The summed E-state index contributed by atoms with van der Waals surface area (Å²) in [5, 5.41) is 2.98. The van der Waals surface area contributed by atoms with Crippen LogP contribution in [0.15, 0.2) is 35.7 Å². The second-order valence-corrected chi connectivity index (χ2v) is 8.18. The largest absolute Gasteiger partial charge is 0.369 e. The van der Waals surface area contributed by atoms with Crippen molar-refractivity contribution >= 4 is 28.1 Å². The summed E-state index contributed by atoms with van der Waals surface area (Å²) in [6.07, 6.45) is 2.21. The van der Waals surface area contributed by atoms with E-state index in [4.69, 9.17) is 4.98 Å². The average Bonchev–Trinajstić information content (AvgIpc) is 3.36. The minimum Gasteiger partial charge on any atom is -0.369 e. The normalized spacial score (nSPS) is 21.0. The monoisotopic (exact) mass is 370 g/mol. The molecule has 1 atom stereocenters. The third-order valence-electron chi connectivity index (χ3n) is 5.25. The molecule has 1 amide bonds. The fourth-order valence-electron chi connectivity index (χ4n) is 3.67. The smallest absolute Gasteiger partial charge is 0.225 e. The number of benzene rings is 1. The second kappa shape index (κ2) is 7.37. The van der Waals surface area contributed by atoms with E-state index in [9.17, 15) is 4.79 Å². The van der Waals surface area contributed by atoms with Crippen LogP contribution in [0, 0.1) is 0 Å². The van der Waals surface area contributed by atoms with Crippen LogP contribution < -0.4 is 9.80 Å². The molecule has 2 aromatic rings. The fraction of sp³-hybridized carbons (Fsp3) is 0.500. The molecule has 138 valence electrons. The molecule has 1 saturated heterocycles. The van der Waals surface area contributed by atoms with Gasteiger partial charge in [0.05, 0.1) is 5.69 Å². The molecule has 2 fully saturated rings. The molecule has 1 aromatic carbocycles. The molecule has 2 aliphatic rings. The van der Waals surface area contributed by atoms with Crippen molar-refractivity contribution in [3.8, 4) is 0 Å². The van der Waals surface area contributed by atoms with Gasteiger partial charge in [-0.3, -0.25) is 14.6 Å². The molecule has 0 radical (unpaired) electrons. The molecule has 0 bridgehead atoms. The predicted molar refractivity (Wildman–Crippen MR) is 107 cm³/mol. The van der Waals surface area contributed by atoms with E-state index < -0.39 is 0 Å². The van der Waals surface area contributed by atoms with Gasteiger partial charge in [-0.15, -0.1) is 11.3 Å². The first-order chi connectivity index (χ1) is 12.6. The summed E-state index contributed by atoms with van der Waals surface area (Å²) in [6, 6.07) is 11.5. The van der Waals surface area contributed by atoms with Crippen molar-refractivity contribution in [3.63, 3.8) is 0 Å². The van der Waals surface area contributed by atoms with Gasteiger partial charge in [-0.25, -0.2) is 4.98 Å². The maximum Gasteiger partial charge on any atom is 0.225 e. The van der Waals surface area contributed by atoms with Gasteiger partial charge >= 0.3 is 0 Å². The summed E-state index contributed by atoms with van der Waals surface area (Å²) >= 11 is 1.60. The standard InChI is InChI=1S/C20H26N4OS/c1-15-12-23(18-6-4-3-5-7-18)11-10-22(15)13-17-14-26-20(21-17)24(16(2)25)19-8-9-19/h3-7,14-15,19H,8-13H2,1-2H3. The first-order valence-electron chi connectivity index (χ1n) is 9.40. The van der Waals surface area contributed by atoms with Gasteiger partial charge in [0.25, 0.3) is 0 Å². The van der Waals surface area contributed by atoms with E-state index in [0.717, 1.165) is 49.8 Å². The number of para-hydroxylation sites is 1. The Morgan fingerprint density at radius 3 is 2.69 bits per heavy atom. The van der Waals surface area contributed by atoms with Crippen LogP contribution in [0.2, 0.25) is 0 Å². The summed E-state index contributed by atoms with van der Waals surface area (Å²) in [7, 11) is 0. The lowest BCUT2D eigenvalue weighted by molar-refractivity contribution is -0.116. The van der Waals surface area contributed by atoms with Crippen LogP contribution in [-0.4, -0.2) is 47.5 Å². The lowest BCUT2D eigenvalue weighted by Crippen LogP contribution is -2.51. The quantitative estimate of drug-likeness (QED) is 0.809. The summed E-state index contributed by atoms with van der Waals surface area (Å²) < 4.78 is 0. The molecule has 4 rings (SSSR count). The molecule has 6 heteroatoms. The number of carbonyl (C=O) groups excluding carboxylic acids is 1. The maximum absolute atomic E-state index is 11.9. The molecular weight excluding hydrogens is 344 g/mol. The summed E-state index contributed by atoms with van der Waals surface area (Å²) in [5.41, 5.74) is 2.38. The average molecular weight is 371 g/mol. The molecular formula is C20H26N4OS. The Labute approximate surface area is 159 Å². The van der Waals surface area contributed by atoms with E-state index in [1.54, 1.807) is 18.3 Å². The predicted octanol–water partition coefficient (Wildman–Crippen LogP) is 3.37. The lowest BCUT2D eigenvalue weighted by Gasteiger charge is -2.40. The minimum atomic E-state index is 0.109. The van der Waals surface area contributed by atoms with E-state index in [2.05, 4.69) is 52.4 Å². The van der Waals surface area contributed by atoms with Gasteiger partial charge in [0, 0.05) is 56.3 Å². The molecule has 1 aliphatic heterocycles. The van der Waals surface area contributed by atoms with Crippen molar-refractivity contribution in [3.05, 3.63) is 41.4 Å². The third kappa shape index (κ3) is 3.76. The van der Waals surface area contributed by atoms with Crippen LogP contribution in [0.1, 0.15) is 32.4 Å². The maximum atomic E-state index is 11.9. The summed E-state index contributed by atoms with van der Waals surface area (Å²) in [4.78, 5) is 23.5. The molecule has 1 saturated carbocycles. The van der Waals surface area contributed by atoms with Crippen LogP contribution in [0.3, 0.4) is 0 Å². The molecule has 1 unspecified atom stereocenters. The van der Waals surface area contributed by atoms with Crippen molar-refractivity contribution in [2.45, 2.75) is 45.3 Å². The van der Waals surface area contributed by atoms with Crippen molar-refractivity contribution in [2.75, 3.05) is 29.4 Å². The zero-order valence-electron chi connectivity index (χ0n) is 15.5. The first-order valence-corrected chi connectivity index (χ1v) is 10.3. The van der Waals surface area contributed by atoms with Gasteiger partial charge in [-0.05, 0) is 31.9 Å². The molecule has 5 nitrogen and oxygen atoms in total. The van der Waals surface area contributed by atoms with Crippen LogP contribution in [0.25, 0.3) is 0 Å². The topological polar surface area (TPSA) is 39.7 Å². The minimum absolute atomic E-state index is 0.109. The fourth-order valence-corrected chi connectivity index (χ4v) is 4.60. The Bertz CT molecular complexity index is 758. The molecule has 1 aliphatic carbocycles. The number of hydrogen-bond acceptors (Lipinski definition) is 5. The van der Waals surface area contributed by atoms with E-state index in [1.807, 2.05) is 4.90 Å². The number of thiazole rings is 1. The van der Waals surface area contributed by atoms with Crippen molar-refractivity contribution in [2.24, 2.45) is 0 Å². The highest BCUT2D eigenvalue weighted by Crippen LogP contribution is 2.34. The molecule has 1 aromatic heterocycles. The van der Waals surface area contributed by atoms with E-state index in [-0.39, 0.29) is 5.91 Å². The highest BCUT2D eigenvalue weighted by Gasteiger charge is 2.34. The van der Waals surface area contributed by atoms with Gasteiger partial charge in [0.15, 0.2) is 5.13 Å². The number of carbonyl (C=O) groups is 1. The Morgan fingerprint density at radius 1 is 1.27 bits per heavy atom. The van der Waals surface area contributed by atoms with Gasteiger partial charge in [-0.2, -0.15) is 0 Å². The number of nitrogens with zero attached hydrogens (tertiary/aromatic N) is 4. The highest BCUT2D eigenvalue weighted by molar-refractivity contribution is 7.14. The summed E-state index contributed by atoms with van der Waals surface area (Å²) in [5.74, 6) is 0.109. The number of anilines is 2. The second-order valence-electron chi connectivity index (χ2n) is 7.34. The Kier molecular flexibility index (Phi) is 4.96. The number of piperazine rings is 1. The first kappa shape index (κ1) is 17.5. The van der Waals surface area contributed by atoms with E-state index in [0.29, 0.717) is 12.1 Å². The van der Waals surface area contributed by atoms with Gasteiger partial charge in [-0.1, -0.05) is 18.2 Å². The van der Waals surface area contributed by atoms with Gasteiger partial charge < -0.3 is 4.90 Å². The number of hydrogen-bond donors (Lipinski definition) is 0. The molecule has 0 N–H and O–H groups in total. The van der Waals surface area contributed by atoms with Crippen molar-refractivity contribution in [1.82, 2.24) is 9.88 Å². The highest BCUT2D eigenvalue weighted by atomic mass is 32.1. The van der Waals surface area contributed by atoms with Gasteiger partial charge in [0.1, 0.15) is 0 Å². The third-order valence-corrected chi connectivity index (χ3v) is 6.14. The van der Waals surface area contributed by atoms with Crippen LogP contribution in [-0.2, 0) is 11.3 Å². The molecule has 0 spiro atoms. The molecule has 2 heterocycles. The number of aromatic nitrogens is 1. The van der Waals surface area contributed by atoms with Crippen molar-refractivity contribution < 1.29 is 4.79 Å². The van der Waals surface area contributed by atoms with E-state index in [1.165, 1.54) is 5.69 Å². The Hall–Kier alpha value is -1.92. The van der Waals surface area contributed by atoms with Crippen LogP contribution in [0.5, 0.6) is 0 Å². The van der Waals surface area contributed by atoms with E-state index >= 15 is 0 Å². The van der Waals surface area contributed by atoms with Crippen LogP contribution in [0.4, 0.5) is 10.8 Å². The van der Waals surface area contributed by atoms with Crippen LogP contribution >= 0.6 is 11.3 Å². The lowest BCUT2D eigenvalue weighted by atomic mass is 10.1. The zero-order valence-corrected chi connectivity index (χ0v) is 16.3. The zero-order chi connectivity index (χ0) is 18.1. The SMILES string of the molecule is CC(=O)N(c1nc(CN2CCN(c3ccccc3)CC2C)cs1)C1CC1. The van der Waals surface area contributed by atoms with Gasteiger partial charge in [0.2, 0.25) is 5.91 Å². The number of amides is 1. The van der Waals surface area contributed by atoms with Crippen molar-refractivity contribution in [1.29, 1.82) is 0 Å².